The highest BCUT2D eigenvalue weighted by Gasteiger charge is 2.17. The third kappa shape index (κ3) is 4.16. The van der Waals surface area contributed by atoms with Crippen LogP contribution in [0.4, 0.5) is 0 Å². The van der Waals surface area contributed by atoms with Crippen molar-refractivity contribution in [3.05, 3.63) is 29.8 Å². The van der Waals surface area contributed by atoms with E-state index in [4.69, 9.17) is 11.1 Å². The summed E-state index contributed by atoms with van der Waals surface area (Å²) in [7, 11) is -3.53. The van der Waals surface area contributed by atoms with Crippen LogP contribution in [0.2, 0.25) is 0 Å². The molecule has 0 spiro atoms. The molecule has 1 aromatic rings. The zero-order valence-electron chi connectivity index (χ0n) is 9.90. The minimum absolute atomic E-state index is 0.0376. The van der Waals surface area contributed by atoms with Gasteiger partial charge in [-0.15, -0.1) is 0 Å². The van der Waals surface area contributed by atoms with Crippen LogP contribution < -0.4 is 10.5 Å². The zero-order valence-corrected chi connectivity index (χ0v) is 10.7. The van der Waals surface area contributed by atoms with Crippen LogP contribution in [0.5, 0.6) is 0 Å². The van der Waals surface area contributed by atoms with E-state index >= 15 is 0 Å². The summed E-state index contributed by atoms with van der Waals surface area (Å²) in [5.41, 5.74) is 6.11. The quantitative estimate of drug-likeness (QED) is 0.540. The Morgan fingerprint density at radius 2 is 2.18 bits per heavy atom. The van der Waals surface area contributed by atoms with Gasteiger partial charge in [-0.05, 0) is 31.5 Å². The van der Waals surface area contributed by atoms with Gasteiger partial charge in [0.05, 0.1) is 10.7 Å². The number of hydrogen-bond donors (Lipinski definition) is 3. The van der Waals surface area contributed by atoms with Crippen LogP contribution in [0.25, 0.3) is 0 Å². The van der Waals surface area contributed by atoms with Crippen LogP contribution >= 0.6 is 0 Å². The van der Waals surface area contributed by atoms with Crippen LogP contribution in [0.1, 0.15) is 18.9 Å². The molecular formula is C11H17N3O2S. The van der Waals surface area contributed by atoms with Crippen LogP contribution in [0.15, 0.2) is 29.2 Å². The molecule has 0 fully saturated rings. The Hall–Kier alpha value is -1.40. The summed E-state index contributed by atoms with van der Waals surface area (Å²) in [6, 6.07) is 6.27. The maximum Gasteiger partial charge on any atom is 0.240 e. The lowest BCUT2D eigenvalue weighted by Gasteiger charge is -2.13. The number of hydrogen-bond acceptors (Lipinski definition) is 3. The van der Waals surface area contributed by atoms with Crippen molar-refractivity contribution in [3.8, 4) is 0 Å². The molecule has 17 heavy (non-hydrogen) atoms. The topological polar surface area (TPSA) is 96.0 Å². The molecule has 0 radical (unpaired) electrons. The Balaban J connectivity index is 2.86. The summed E-state index contributed by atoms with van der Waals surface area (Å²) >= 11 is 0. The second kappa shape index (κ2) is 5.29. The maximum atomic E-state index is 12.0. The van der Waals surface area contributed by atoms with Crippen molar-refractivity contribution in [2.45, 2.75) is 31.2 Å². The predicted molar refractivity (Wildman–Crippen MR) is 67.5 cm³/mol. The van der Waals surface area contributed by atoms with Gasteiger partial charge in [-0.2, -0.15) is 0 Å². The molecule has 0 saturated heterocycles. The maximum absolute atomic E-state index is 12.0. The molecule has 1 atom stereocenters. The summed E-state index contributed by atoms with van der Waals surface area (Å²) < 4.78 is 26.4. The summed E-state index contributed by atoms with van der Waals surface area (Å²) in [5.74, 6) is -0.0376. The lowest BCUT2D eigenvalue weighted by molar-refractivity contribution is 0.564. The number of benzene rings is 1. The summed E-state index contributed by atoms with van der Waals surface area (Å²) in [6.07, 6.45) is 0.199. The van der Waals surface area contributed by atoms with Gasteiger partial charge in [-0.25, -0.2) is 13.1 Å². The van der Waals surface area contributed by atoms with Gasteiger partial charge in [-0.3, -0.25) is 5.41 Å². The minimum atomic E-state index is -3.53. The molecule has 0 aromatic heterocycles. The standard InChI is InChI=1S/C11H17N3O2S/c1-8-4-3-5-10(6-8)17(15,16)14-9(2)7-11(12)13/h3-6,9,14H,7H2,1-2H3,(H3,12,13). The molecule has 1 rings (SSSR count). The Morgan fingerprint density at radius 1 is 1.53 bits per heavy atom. The molecule has 0 aliphatic rings. The van der Waals surface area contributed by atoms with Crippen molar-refractivity contribution in [1.82, 2.24) is 4.72 Å². The molecule has 4 N–H and O–H groups in total. The van der Waals surface area contributed by atoms with E-state index in [1.54, 1.807) is 19.1 Å². The van der Waals surface area contributed by atoms with Crippen LogP contribution in [-0.2, 0) is 10.0 Å². The first-order valence-electron chi connectivity index (χ1n) is 5.23. The summed E-state index contributed by atoms with van der Waals surface area (Å²) in [6.45, 7) is 3.51. The van der Waals surface area contributed by atoms with Crippen LogP contribution in [-0.4, -0.2) is 20.3 Å². The number of nitrogens with two attached hydrogens (primary N) is 1. The van der Waals surface area contributed by atoms with E-state index in [0.29, 0.717) is 0 Å². The van der Waals surface area contributed by atoms with Crippen molar-refractivity contribution in [1.29, 1.82) is 5.41 Å². The number of nitrogens with one attached hydrogen (secondary N) is 2. The molecule has 0 bridgehead atoms. The summed E-state index contributed by atoms with van der Waals surface area (Å²) in [4.78, 5) is 0.230. The van der Waals surface area contributed by atoms with E-state index in [9.17, 15) is 8.42 Å². The Morgan fingerprint density at radius 3 is 2.71 bits per heavy atom. The molecule has 1 aromatic carbocycles. The fourth-order valence-corrected chi connectivity index (χ4v) is 2.83. The number of rotatable bonds is 5. The normalized spacial score (nSPS) is 13.3. The zero-order chi connectivity index (χ0) is 13.1. The van der Waals surface area contributed by atoms with Crippen LogP contribution in [0, 0.1) is 12.3 Å². The number of amidine groups is 1. The summed E-state index contributed by atoms with van der Waals surface area (Å²) in [5, 5.41) is 7.11. The van der Waals surface area contributed by atoms with Gasteiger partial charge in [0, 0.05) is 12.5 Å². The van der Waals surface area contributed by atoms with E-state index in [-0.39, 0.29) is 17.2 Å². The Labute approximate surface area is 102 Å². The average molecular weight is 255 g/mol. The molecule has 0 heterocycles. The molecule has 1 unspecified atom stereocenters. The first-order chi connectivity index (χ1) is 7.81. The smallest absolute Gasteiger partial charge is 0.240 e. The highest BCUT2D eigenvalue weighted by Crippen LogP contribution is 2.11. The molecular weight excluding hydrogens is 238 g/mol. The minimum Gasteiger partial charge on any atom is -0.388 e. The van der Waals surface area contributed by atoms with E-state index in [2.05, 4.69) is 4.72 Å². The third-order valence-electron chi connectivity index (χ3n) is 2.18. The van der Waals surface area contributed by atoms with Gasteiger partial charge in [0.25, 0.3) is 0 Å². The lowest BCUT2D eigenvalue weighted by atomic mass is 10.2. The van der Waals surface area contributed by atoms with Crippen molar-refractivity contribution >= 4 is 15.9 Å². The highest BCUT2D eigenvalue weighted by atomic mass is 32.2. The van der Waals surface area contributed by atoms with E-state index in [1.807, 2.05) is 13.0 Å². The lowest BCUT2D eigenvalue weighted by Crippen LogP contribution is -2.35. The second-order valence-electron chi connectivity index (χ2n) is 4.07. The molecule has 0 saturated carbocycles. The predicted octanol–water partition coefficient (Wildman–Crippen LogP) is 0.988. The van der Waals surface area contributed by atoms with Crippen LogP contribution in [0.3, 0.4) is 0 Å². The molecule has 6 heteroatoms. The van der Waals surface area contributed by atoms with Crippen molar-refractivity contribution < 1.29 is 8.42 Å². The van der Waals surface area contributed by atoms with Gasteiger partial charge in [0.15, 0.2) is 0 Å². The van der Waals surface area contributed by atoms with Gasteiger partial charge < -0.3 is 5.73 Å². The van der Waals surface area contributed by atoms with Gasteiger partial charge >= 0.3 is 0 Å². The fraction of sp³-hybridized carbons (Fsp3) is 0.364. The van der Waals surface area contributed by atoms with E-state index in [0.717, 1.165) is 5.56 Å². The molecule has 0 aliphatic carbocycles. The SMILES string of the molecule is Cc1cccc(S(=O)(=O)NC(C)CC(=N)N)c1. The first-order valence-corrected chi connectivity index (χ1v) is 6.71. The van der Waals surface area contributed by atoms with Gasteiger partial charge in [0.1, 0.15) is 0 Å². The molecule has 0 amide bonds. The van der Waals surface area contributed by atoms with Crippen molar-refractivity contribution in [2.24, 2.45) is 5.73 Å². The van der Waals surface area contributed by atoms with Gasteiger partial charge in [-0.1, -0.05) is 12.1 Å². The monoisotopic (exact) mass is 255 g/mol. The average Bonchev–Trinajstić information content (AvgIpc) is 2.15. The molecule has 0 aliphatic heterocycles. The molecule has 5 nitrogen and oxygen atoms in total. The first kappa shape index (κ1) is 13.7. The fourth-order valence-electron chi connectivity index (χ4n) is 1.49. The Kier molecular flexibility index (Phi) is 4.25. The number of sulfonamides is 1. The second-order valence-corrected chi connectivity index (χ2v) is 5.78. The van der Waals surface area contributed by atoms with Crippen molar-refractivity contribution in [2.75, 3.05) is 0 Å². The van der Waals surface area contributed by atoms with E-state index < -0.39 is 16.1 Å². The number of aryl methyl sites for hydroxylation is 1. The van der Waals surface area contributed by atoms with E-state index in [1.165, 1.54) is 6.07 Å². The molecule has 94 valence electrons. The van der Waals surface area contributed by atoms with Crippen molar-refractivity contribution in [3.63, 3.8) is 0 Å². The Bertz CT molecular complexity index is 511. The third-order valence-corrected chi connectivity index (χ3v) is 3.77. The largest absolute Gasteiger partial charge is 0.388 e. The highest BCUT2D eigenvalue weighted by molar-refractivity contribution is 7.89. The van der Waals surface area contributed by atoms with Gasteiger partial charge in [0.2, 0.25) is 10.0 Å².